The highest BCUT2D eigenvalue weighted by molar-refractivity contribution is 5.08. The van der Waals surface area contributed by atoms with Gasteiger partial charge >= 0.3 is 0 Å². The Morgan fingerprint density at radius 3 is 2.62 bits per heavy atom. The predicted molar refractivity (Wildman–Crippen MR) is 96.4 cm³/mol. The lowest BCUT2D eigenvalue weighted by molar-refractivity contribution is 0.110. The van der Waals surface area contributed by atoms with E-state index < -0.39 is 0 Å². The second kappa shape index (κ2) is 6.61. The lowest BCUT2D eigenvalue weighted by Gasteiger charge is -2.27. The molecule has 4 heterocycles. The lowest BCUT2D eigenvalue weighted by atomic mass is 9.82. The number of H-pyrrole nitrogens is 1. The van der Waals surface area contributed by atoms with Crippen LogP contribution in [0.3, 0.4) is 0 Å². The molecule has 2 aromatic rings. The first-order valence-corrected chi connectivity index (χ1v) is 9.06. The summed E-state index contributed by atoms with van der Waals surface area (Å²) in [5.41, 5.74) is 0.593. The van der Waals surface area contributed by atoms with E-state index in [4.69, 9.17) is 0 Å². The third-order valence-electron chi connectivity index (χ3n) is 5.80. The summed E-state index contributed by atoms with van der Waals surface area (Å²) in [7, 11) is 2.01. The molecule has 8 heteroatoms. The maximum Gasteiger partial charge on any atom is 0.251 e. The van der Waals surface area contributed by atoms with Crippen molar-refractivity contribution in [2.24, 2.45) is 18.4 Å². The number of fused-ring (bicyclic) bond motifs is 1. The molecule has 2 aromatic heterocycles. The molecular weight excluding hydrogens is 332 g/mol. The number of aliphatic hydroxyl groups is 1. The largest absolute Gasteiger partial charge is 0.396 e. The van der Waals surface area contributed by atoms with Crippen molar-refractivity contribution >= 4 is 0 Å². The zero-order chi connectivity index (χ0) is 18.3. The number of hydrogen-bond acceptors (Lipinski definition) is 6. The molecule has 2 atom stereocenters. The molecule has 2 saturated heterocycles. The fourth-order valence-corrected chi connectivity index (χ4v) is 4.57. The summed E-state index contributed by atoms with van der Waals surface area (Å²) in [6.45, 7) is 7.05. The number of aromatic nitrogens is 4. The van der Waals surface area contributed by atoms with Crippen molar-refractivity contribution in [2.45, 2.75) is 20.0 Å². The number of aromatic amines is 1. The Hall–Kier alpha value is -2.03. The molecule has 4 rings (SSSR count). The monoisotopic (exact) mass is 358 g/mol. The van der Waals surface area contributed by atoms with Gasteiger partial charge in [0, 0.05) is 63.6 Å². The summed E-state index contributed by atoms with van der Waals surface area (Å²) in [5, 5.41) is 10.2. The van der Waals surface area contributed by atoms with Gasteiger partial charge in [-0.1, -0.05) is 0 Å². The second-order valence-electron chi connectivity index (χ2n) is 7.83. The van der Waals surface area contributed by atoms with E-state index in [0.717, 1.165) is 44.2 Å². The molecule has 2 unspecified atom stereocenters. The summed E-state index contributed by atoms with van der Waals surface area (Å²) in [4.78, 5) is 27.9. The Morgan fingerprint density at radius 1 is 1.31 bits per heavy atom. The maximum absolute atomic E-state index is 11.7. The summed E-state index contributed by atoms with van der Waals surface area (Å²) in [5.74, 6) is 2.12. The van der Waals surface area contributed by atoms with E-state index >= 15 is 0 Å². The van der Waals surface area contributed by atoms with E-state index in [2.05, 4.69) is 24.8 Å². The van der Waals surface area contributed by atoms with E-state index in [1.165, 1.54) is 0 Å². The summed E-state index contributed by atoms with van der Waals surface area (Å²) in [6.07, 6.45) is 3.79. The topological polar surface area (TPSA) is 90.3 Å². The molecule has 2 aliphatic heterocycles. The molecule has 2 aliphatic rings. The molecule has 0 saturated carbocycles. The Labute approximate surface area is 152 Å². The minimum Gasteiger partial charge on any atom is -0.396 e. The number of aryl methyl sites for hydroxylation is 2. The van der Waals surface area contributed by atoms with Gasteiger partial charge in [-0.05, 0) is 12.8 Å². The normalized spacial score (nSPS) is 26.5. The van der Waals surface area contributed by atoms with Gasteiger partial charge in [-0.25, -0.2) is 9.97 Å². The molecule has 0 aromatic carbocycles. The maximum atomic E-state index is 11.7. The van der Waals surface area contributed by atoms with Crippen molar-refractivity contribution in [3.05, 3.63) is 46.2 Å². The van der Waals surface area contributed by atoms with Gasteiger partial charge in [0.05, 0.1) is 18.8 Å². The van der Waals surface area contributed by atoms with E-state index in [0.29, 0.717) is 18.3 Å². The fourth-order valence-electron chi connectivity index (χ4n) is 4.57. The molecule has 0 bridgehead atoms. The average molecular weight is 358 g/mol. The van der Waals surface area contributed by atoms with E-state index in [1.54, 1.807) is 13.0 Å². The quantitative estimate of drug-likeness (QED) is 0.765. The molecule has 2 fully saturated rings. The molecule has 26 heavy (non-hydrogen) atoms. The number of rotatable bonds is 5. The first kappa shape index (κ1) is 17.4. The molecule has 0 aliphatic carbocycles. The van der Waals surface area contributed by atoms with Crippen LogP contribution in [0, 0.1) is 18.3 Å². The molecular formula is C18H26N6O2. The highest BCUT2D eigenvalue weighted by Crippen LogP contribution is 2.42. The van der Waals surface area contributed by atoms with Gasteiger partial charge in [0.15, 0.2) is 0 Å². The van der Waals surface area contributed by atoms with E-state index in [1.807, 2.05) is 24.0 Å². The number of aliphatic hydroxyl groups excluding tert-OH is 1. The highest BCUT2D eigenvalue weighted by atomic mass is 16.3. The van der Waals surface area contributed by atoms with Gasteiger partial charge < -0.3 is 14.7 Å². The molecule has 0 radical (unpaired) electrons. The third kappa shape index (κ3) is 3.20. The standard InChI is InChI=1S/C18H26N6O2/c1-13-20-15(5-17(26)21-13)8-23-6-14-7-24(11-18(14,10-23)12-25)9-16-19-3-4-22(16)2/h3-5,14,25H,6-12H2,1-2H3,(H,20,21,26). The van der Waals surface area contributed by atoms with Crippen molar-refractivity contribution < 1.29 is 5.11 Å². The fraction of sp³-hybridized carbons (Fsp3) is 0.611. The van der Waals surface area contributed by atoms with Crippen LogP contribution in [-0.2, 0) is 20.1 Å². The lowest BCUT2D eigenvalue weighted by Crippen LogP contribution is -2.37. The Kier molecular flexibility index (Phi) is 4.42. The second-order valence-corrected chi connectivity index (χ2v) is 7.83. The van der Waals surface area contributed by atoms with Crippen molar-refractivity contribution in [2.75, 3.05) is 32.8 Å². The smallest absolute Gasteiger partial charge is 0.251 e. The number of imidazole rings is 1. The zero-order valence-corrected chi connectivity index (χ0v) is 15.4. The van der Waals surface area contributed by atoms with Crippen molar-refractivity contribution in [1.82, 2.24) is 29.3 Å². The van der Waals surface area contributed by atoms with E-state index in [-0.39, 0.29) is 17.6 Å². The summed E-state index contributed by atoms with van der Waals surface area (Å²) < 4.78 is 2.05. The summed E-state index contributed by atoms with van der Waals surface area (Å²) >= 11 is 0. The highest BCUT2D eigenvalue weighted by Gasteiger charge is 2.51. The molecule has 0 spiro atoms. The number of nitrogens with zero attached hydrogens (tertiary/aromatic N) is 5. The van der Waals surface area contributed by atoms with Gasteiger partial charge in [-0.15, -0.1) is 0 Å². The van der Waals surface area contributed by atoms with Crippen molar-refractivity contribution in [3.63, 3.8) is 0 Å². The molecule has 2 N–H and O–H groups in total. The number of hydrogen-bond donors (Lipinski definition) is 2. The predicted octanol–water partition coefficient (Wildman–Crippen LogP) is -0.262. The van der Waals surface area contributed by atoms with Gasteiger partial charge in [0.25, 0.3) is 5.56 Å². The average Bonchev–Trinajstić information content (AvgIpc) is 3.20. The van der Waals surface area contributed by atoms with E-state index in [9.17, 15) is 9.90 Å². The number of likely N-dealkylation sites (tertiary alicyclic amines) is 2. The number of nitrogens with one attached hydrogen (secondary N) is 1. The van der Waals surface area contributed by atoms with Crippen molar-refractivity contribution in [3.8, 4) is 0 Å². The van der Waals surface area contributed by atoms with Crippen LogP contribution in [-0.4, -0.2) is 67.2 Å². The first-order chi connectivity index (χ1) is 12.5. The van der Waals surface area contributed by atoms with Crippen molar-refractivity contribution in [1.29, 1.82) is 0 Å². The third-order valence-corrected chi connectivity index (χ3v) is 5.80. The van der Waals surface area contributed by atoms with Crippen LogP contribution >= 0.6 is 0 Å². The Bertz CT molecular complexity index is 846. The van der Waals surface area contributed by atoms with Crippen LogP contribution in [0.25, 0.3) is 0 Å². The van der Waals surface area contributed by atoms with Crippen LogP contribution in [0.15, 0.2) is 23.3 Å². The van der Waals surface area contributed by atoms with Gasteiger partial charge in [0.2, 0.25) is 0 Å². The van der Waals surface area contributed by atoms with Crippen LogP contribution in [0.1, 0.15) is 17.3 Å². The summed E-state index contributed by atoms with van der Waals surface area (Å²) in [6, 6.07) is 1.57. The molecule has 0 amide bonds. The minimum atomic E-state index is -0.106. The van der Waals surface area contributed by atoms with Gasteiger partial charge in [-0.3, -0.25) is 14.6 Å². The first-order valence-electron chi connectivity index (χ1n) is 9.06. The van der Waals surface area contributed by atoms with Gasteiger partial charge in [0.1, 0.15) is 11.6 Å². The molecule has 8 nitrogen and oxygen atoms in total. The van der Waals surface area contributed by atoms with Gasteiger partial charge in [-0.2, -0.15) is 0 Å². The zero-order valence-electron chi connectivity index (χ0n) is 15.4. The van der Waals surface area contributed by atoms with Crippen LogP contribution < -0.4 is 5.56 Å². The SMILES string of the molecule is Cc1nc(CN2CC3CN(Cc4nccn4C)CC3(CO)C2)cc(=O)[nH]1. The van der Waals surface area contributed by atoms with Crippen LogP contribution in [0.4, 0.5) is 0 Å². The Morgan fingerprint density at radius 2 is 2.04 bits per heavy atom. The minimum absolute atomic E-state index is 0.0958. The Balaban J connectivity index is 1.43. The molecule has 140 valence electrons. The van der Waals surface area contributed by atoms with Crippen LogP contribution in [0.2, 0.25) is 0 Å². The van der Waals surface area contributed by atoms with Crippen LogP contribution in [0.5, 0.6) is 0 Å².